The molecule has 1 aromatic carbocycles. The van der Waals surface area contributed by atoms with Crippen LogP contribution in [0.1, 0.15) is 0 Å². The lowest BCUT2D eigenvalue weighted by atomic mass is 10.3. The molecule has 0 saturated carbocycles. The Morgan fingerprint density at radius 1 is 1.00 bits per heavy atom. The van der Waals surface area contributed by atoms with Crippen LogP contribution in [0.15, 0.2) is 24.3 Å². The number of para-hydroxylation sites is 2. The molecular weight excluding hydrogens is 231 g/mol. The third-order valence-electron chi connectivity index (χ3n) is 1.11. The average Bonchev–Trinajstić information content (AvgIpc) is 1.88. The van der Waals surface area contributed by atoms with E-state index in [1.807, 2.05) is 0 Å². The van der Waals surface area contributed by atoms with Crippen molar-refractivity contribution in [3.05, 3.63) is 24.3 Å². The molecular formula is C6H5F5O2S. The molecule has 1 aromatic rings. The fourth-order valence-electron chi connectivity index (χ4n) is 0.697. The highest BCUT2D eigenvalue weighted by molar-refractivity contribution is 8.42. The third kappa shape index (κ3) is 3.69. The zero-order valence-corrected chi connectivity index (χ0v) is 7.28. The van der Waals surface area contributed by atoms with E-state index in [-0.39, 0.29) is 0 Å². The van der Waals surface area contributed by atoms with Gasteiger partial charge in [-0.15, -0.1) is 0 Å². The summed E-state index contributed by atoms with van der Waals surface area (Å²) in [6.45, 7) is 0. The Hall–Kier alpha value is -1.18. The first-order valence-electron chi connectivity index (χ1n) is 3.19. The molecule has 0 saturated heterocycles. The first-order chi connectivity index (χ1) is 5.97. The summed E-state index contributed by atoms with van der Waals surface area (Å²) in [5, 5.41) is 8.76. The van der Waals surface area contributed by atoms with Crippen molar-refractivity contribution < 1.29 is 28.7 Å². The maximum Gasteiger partial charge on any atom is 0.435 e. The van der Waals surface area contributed by atoms with Crippen LogP contribution in [0.5, 0.6) is 11.5 Å². The highest BCUT2D eigenvalue weighted by atomic mass is 32.5. The minimum absolute atomic E-state index is 0.591. The number of phenolic OH excluding ortho intramolecular Hbond substituents is 1. The Morgan fingerprint density at radius 3 is 1.93 bits per heavy atom. The first-order valence-corrected chi connectivity index (χ1v) is 5.07. The Morgan fingerprint density at radius 2 is 1.50 bits per heavy atom. The van der Waals surface area contributed by atoms with Crippen molar-refractivity contribution in [1.29, 1.82) is 0 Å². The molecule has 0 spiro atoms. The highest BCUT2D eigenvalue weighted by Crippen LogP contribution is 2.97. The van der Waals surface area contributed by atoms with Crippen molar-refractivity contribution >= 4 is 10.5 Å². The molecule has 0 atom stereocenters. The van der Waals surface area contributed by atoms with Gasteiger partial charge in [0.2, 0.25) is 0 Å². The minimum Gasteiger partial charge on any atom is -0.504 e. The Labute approximate surface area is 75.8 Å². The van der Waals surface area contributed by atoms with Crippen molar-refractivity contribution in [1.82, 2.24) is 0 Å². The summed E-state index contributed by atoms with van der Waals surface area (Å²) in [6.07, 6.45) is 0. The summed E-state index contributed by atoms with van der Waals surface area (Å²) in [5.41, 5.74) is 0. The van der Waals surface area contributed by atoms with Crippen LogP contribution in [0.2, 0.25) is 0 Å². The van der Waals surface area contributed by atoms with Gasteiger partial charge in [0, 0.05) is 0 Å². The molecule has 2 nitrogen and oxygen atoms in total. The van der Waals surface area contributed by atoms with Gasteiger partial charge in [-0.3, -0.25) is 0 Å². The molecule has 0 radical (unpaired) electrons. The number of halogens is 5. The van der Waals surface area contributed by atoms with Crippen LogP contribution >= 0.6 is 10.5 Å². The molecule has 1 N–H and O–H groups in total. The maximum absolute atomic E-state index is 11.7. The fourth-order valence-corrected chi connectivity index (χ4v) is 1.18. The number of hydrogen-bond donors (Lipinski definition) is 1. The molecule has 8 heteroatoms. The normalized spacial score (nSPS) is 16.9. The Kier molecular flexibility index (Phi) is 1.75. The second-order valence-corrected chi connectivity index (χ2v) is 4.41. The van der Waals surface area contributed by atoms with Gasteiger partial charge in [-0.25, -0.2) is 0 Å². The SMILES string of the molecule is Oc1ccccc1OS(F)(F)(F)(F)F. The van der Waals surface area contributed by atoms with Gasteiger partial charge in [-0.2, -0.15) is 0 Å². The van der Waals surface area contributed by atoms with Crippen LogP contribution in [0.25, 0.3) is 0 Å². The molecule has 0 unspecified atom stereocenters. The predicted octanol–water partition coefficient (Wildman–Crippen LogP) is 3.98. The molecule has 0 aliphatic rings. The molecule has 82 valence electrons. The van der Waals surface area contributed by atoms with Crippen molar-refractivity contribution in [3.63, 3.8) is 0 Å². The van der Waals surface area contributed by atoms with Gasteiger partial charge < -0.3 is 9.29 Å². The summed E-state index contributed by atoms with van der Waals surface area (Å²) in [4.78, 5) is 0. The van der Waals surface area contributed by atoms with Crippen LogP contribution in [-0.4, -0.2) is 5.11 Å². The lowest BCUT2D eigenvalue weighted by molar-refractivity contribution is 0.238. The Balaban J connectivity index is 3.09. The molecule has 0 bridgehead atoms. The lowest BCUT2D eigenvalue weighted by Gasteiger charge is -2.39. The van der Waals surface area contributed by atoms with Gasteiger partial charge >= 0.3 is 10.5 Å². The van der Waals surface area contributed by atoms with Crippen LogP contribution in [0, 0.1) is 0 Å². The number of rotatable bonds is 2. The molecule has 0 aliphatic carbocycles. The molecule has 0 heterocycles. The topological polar surface area (TPSA) is 29.5 Å². The molecule has 1 rings (SSSR count). The van der Waals surface area contributed by atoms with Crippen molar-refractivity contribution in [2.24, 2.45) is 0 Å². The predicted molar refractivity (Wildman–Crippen MR) is 41.9 cm³/mol. The third-order valence-corrected chi connectivity index (χ3v) is 1.61. The molecule has 0 aromatic heterocycles. The van der Waals surface area contributed by atoms with E-state index in [0.717, 1.165) is 12.1 Å². The van der Waals surface area contributed by atoms with E-state index in [4.69, 9.17) is 5.11 Å². The van der Waals surface area contributed by atoms with Gasteiger partial charge in [-0.05, 0) is 12.1 Å². The highest BCUT2D eigenvalue weighted by Gasteiger charge is 2.67. The van der Waals surface area contributed by atoms with Gasteiger partial charge in [-0.1, -0.05) is 31.6 Å². The van der Waals surface area contributed by atoms with E-state index in [0.29, 0.717) is 6.07 Å². The molecule has 0 amide bonds. The Bertz CT molecular complexity index is 359. The maximum atomic E-state index is 11.7. The number of hydrogen-bond acceptors (Lipinski definition) is 2. The zero-order valence-electron chi connectivity index (χ0n) is 6.46. The van der Waals surface area contributed by atoms with Crippen molar-refractivity contribution in [3.8, 4) is 11.5 Å². The van der Waals surface area contributed by atoms with E-state index in [1.165, 1.54) is 6.07 Å². The summed E-state index contributed by atoms with van der Waals surface area (Å²) >= 11 is 0. The molecule has 14 heavy (non-hydrogen) atoms. The van der Waals surface area contributed by atoms with Crippen molar-refractivity contribution in [2.45, 2.75) is 0 Å². The quantitative estimate of drug-likeness (QED) is 0.787. The van der Waals surface area contributed by atoms with Crippen LogP contribution in [0.3, 0.4) is 0 Å². The van der Waals surface area contributed by atoms with Gasteiger partial charge in [0.1, 0.15) is 0 Å². The fraction of sp³-hybridized carbons (Fsp3) is 0. The van der Waals surface area contributed by atoms with E-state index in [2.05, 4.69) is 4.18 Å². The van der Waals surface area contributed by atoms with E-state index >= 15 is 0 Å². The minimum atomic E-state index is -9.98. The van der Waals surface area contributed by atoms with Crippen LogP contribution < -0.4 is 4.18 Å². The summed E-state index contributed by atoms with van der Waals surface area (Å²) < 4.78 is 61.4. The van der Waals surface area contributed by atoms with Gasteiger partial charge in [0.25, 0.3) is 0 Å². The summed E-state index contributed by atoms with van der Waals surface area (Å²) in [5.74, 6) is -2.31. The van der Waals surface area contributed by atoms with Crippen LogP contribution in [-0.2, 0) is 0 Å². The largest absolute Gasteiger partial charge is 0.504 e. The number of phenols is 1. The van der Waals surface area contributed by atoms with Gasteiger partial charge in [0.05, 0.1) is 0 Å². The van der Waals surface area contributed by atoms with Crippen molar-refractivity contribution in [2.75, 3.05) is 0 Å². The first kappa shape index (κ1) is 10.9. The van der Waals surface area contributed by atoms with E-state index < -0.39 is 22.0 Å². The second kappa shape index (κ2) is 2.25. The second-order valence-electron chi connectivity index (χ2n) is 2.45. The lowest BCUT2D eigenvalue weighted by Crippen LogP contribution is -2.13. The standard InChI is InChI=1S/C6H5F5O2S/c7-14(8,9,10,11)13-6-4-2-1-3-5(6)12/h1-4,12H. The van der Waals surface area contributed by atoms with Crippen LogP contribution in [0.4, 0.5) is 19.4 Å². The van der Waals surface area contributed by atoms with E-state index in [1.54, 1.807) is 0 Å². The van der Waals surface area contributed by atoms with E-state index in [9.17, 15) is 19.4 Å². The average molecular weight is 236 g/mol. The zero-order chi connectivity index (χ0) is 11.1. The molecule has 0 fully saturated rings. The monoisotopic (exact) mass is 236 g/mol. The number of aromatic hydroxyl groups is 1. The molecule has 0 aliphatic heterocycles. The smallest absolute Gasteiger partial charge is 0.435 e. The summed E-state index contributed by atoms with van der Waals surface area (Å²) in [7, 11) is -9.98. The number of benzene rings is 1. The summed E-state index contributed by atoms with van der Waals surface area (Å²) in [6, 6.07) is 3.60. The van der Waals surface area contributed by atoms with Gasteiger partial charge in [0.15, 0.2) is 11.5 Å².